The van der Waals surface area contributed by atoms with Gasteiger partial charge in [0.15, 0.2) is 0 Å². The highest BCUT2D eigenvalue weighted by Crippen LogP contribution is 2.34. The van der Waals surface area contributed by atoms with Gasteiger partial charge in [0, 0.05) is 23.9 Å². The van der Waals surface area contributed by atoms with Gasteiger partial charge in [0.2, 0.25) is 0 Å². The zero-order valence-electron chi connectivity index (χ0n) is 11.4. The Hall–Kier alpha value is -2.04. The zero-order chi connectivity index (χ0) is 15.1. The van der Waals surface area contributed by atoms with Gasteiger partial charge in [-0.3, -0.25) is 5.41 Å². The van der Waals surface area contributed by atoms with E-state index in [-0.39, 0.29) is 17.2 Å². The molecule has 0 bridgehead atoms. The van der Waals surface area contributed by atoms with Gasteiger partial charge in [-0.15, -0.1) is 0 Å². The third-order valence-electron chi connectivity index (χ3n) is 3.87. The number of benzene rings is 1. The van der Waals surface area contributed by atoms with Crippen molar-refractivity contribution in [2.24, 2.45) is 5.73 Å². The molecule has 0 fully saturated rings. The fourth-order valence-electron chi connectivity index (χ4n) is 2.93. The van der Waals surface area contributed by atoms with Crippen molar-refractivity contribution in [2.45, 2.75) is 18.6 Å². The number of fused-ring (bicyclic) bond motifs is 1. The molecule has 1 aromatic carbocycles. The van der Waals surface area contributed by atoms with Crippen LogP contribution >= 0.6 is 11.6 Å². The molecule has 4 nitrogen and oxygen atoms in total. The van der Waals surface area contributed by atoms with Crippen LogP contribution in [0.25, 0.3) is 5.70 Å². The first-order valence-corrected chi connectivity index (χ1v) is 7.03. The quantitative estimate of drug-likeness (QED) is 0.794. The van der Waals surface area contributed by atoms with Gasteiger partial charge in [-0.2, -0.15) is 0 Å². The van der Waals surface area contributed by atoms with Crippen molar-refractivity contribution in [2.75, 3.05) is 0 Å². The summed E-state index contributed by atoms with van der Waals surface area (Å²) in [6, 6.07) is 9.14. The number of hydrogen-bond donors (Lipinski definition) is 3. The molecule has 2 atom stereocenters. The highest BCUT2D eigenvalue weighted by Gasteiger charge is 2.32. The van der Waals surface area contributed by atoms with Crippen molar-refractivity contribution in [1.82, 2.24) is 4.57 Å². The largest absolute Gasteiger partial charge is 0.399 e. The molecule has 3 rings (SSSR count). The number of halogens is 1. The standard InChI is InChI=1S/C16H16ClN3O/c1-9(18)13-7-11(17)8-20(16(13)19)15-12-5-3-2-4-10(12)6-14(15)21/h2-5,7-8,14-15,19,21H,1,6,18H2/t14-,15-/m0/s1. The molecule has 0 unspecified atom stereocenters. The molecule has 5 heteroatoms. The van der Waals surface area contributed by atoms with Gasteiger partial charge in [0.1, 0.15) is 5.49 Å². The number of pyridine rings is 1. The molecule has 0 saturated carbocycles. The Morgan fingerprint density at radius 1 is 1.43 bits per heavy atom. The molecule has 21 heavy (non-hydrogen) atoms. The number of hydrogen-bond acceptors (Lipinski definition) is 3. The molecule has 1 aliphatic rings. The molecule has 0 spiro atoms. The second-order valence-electron chi connectivity index (χ2n) is 5.27. The van der Waals surface area contributed by atoms with E-state index < -0.39 is 6.10 Å². The van der Waals surface area contributed by atoms with Gasteiger partial charge in [-0.25, -0.2) is 0 Å². The third kappa shape index (κ3) is 2.26. The maximum absolute atomic E-state index is 10.4. The molecule has 0 saturated heterocycles. The summed E-state index contributed by atoms with van der Waals surface area (Å²) in [6.07, 6.45) is 1.64. The van der Waals surface area contributed by atoms with Crippen LogP contribution in [0, 0.1) is 5.41 Å². The number of rotatable bonds is 2. The summed E-state index contributed by atoms with van der Waals surface area (Å²) in [5, 5.41) is 19.2. The summed E-state index contributed by atoms with van der Waals surface area (Å²) in [6.45, 7) is 3.68. The summed E-state index contributed by atoms with van der Waals surface area (Å²) in [5.41, 5.74) is 8.81. The van der Waals surface area contributed by atoms with Crippen molar-refractivity contribution in [3.8, 4) is 0 Å². The van der Waals surface area contributed by atoms with Crippen LogP contribution in [0.5, 0.6) is 0 Å². The molecule has 0 amide bonds. The van der Waals surface area contributed by atoms with Crippen LogP contribution < -0.4 is 11.2 Å². The predicted octanol–water partition coefficient (Wildman–Crippen LogP) is 2.06. The van der Waals surface area contributed by atoms with E-state index in [1.54, 1.807) is 16.8 Å². The Balaban J connectivity index is 2.22. The second-order valence-corrected chi connectivity index (χ2v) is 5.70. The minimum absolute atomic E-state index is 0.202. The first-order valence-electron chi connectivity index (χ1n) is 6.66. The van der Waals surface area contributed by atoms with Crippen molar-refractivity contribution in [1.29, 1.82) is 5.41 Å². The van der Waals surface area contributed by atoms with Crippen LogP contribution in [-0.4, -0.2) is 15.8 Å². The molecular formula is C16H16ClN3O. The molecule has 4 N–H and O–H groups in total. The lowest BCUT2D eigenvalue weighted by molar-refractivity contribution is 0.142. The highest BCUT2D eigenvalue weighted by atomic mass is 35.5. The summed E-state index contributed by atoms with van der Waals surface area (Å²) in [5.74, 6) is 0. The van der Waals surface area contributed by atoms with Gasteiger partial charge in [-0.05, 0) is 17.2 Å². The number of aliphatic hydroxyl groups is 1. The van der Waals surface area contributed by atoms with E-state index >= 15 is 0 Å². The topological polar surface area (TPSA) is 75.0 Å². The minimum atomic E-state index is -0.589. The van der Waals surface area contributed by atoms with E-state index in [1.807, 2.05) is 24.3 Å². The molecule has 1 aliphatic carbocycles. The van der Waals surface area contributed by atoms with Gasteiger partial charge >= 0.3 is 0 Å². The van der Waals surface area contributed by atoms with Crippen LogP contribution in [0.1, 0.15) is 22.7 Å². The Labute approximate surface area is 127 Å². The normalized spacial score (nSPS) is 20.3. The average Bonchev–Trinajstić information content (AvgIpc) is 2.76. The molecule has 1 aromatic heterocycles. The number of nitrogens with zero attached hydrogens (tertiary/aromatic N) is 1. The summed E-state index contributed by atoms with van der Waals surface area (Å²) in [4.78, 5) is 0. The lowest BCUT2D eigenvalue weighted by Crippen LogP contribution is -2.32. The van der Waals surface area contributed by atoms with Gasteiger partial charge < -0.3 is 15.4 Å². The Bertz CT molecular complexity index is 781. The highest BCUT2D eigenvalue weighted by molar-refractivity contribution is 6.30. The van der Waals surface area contributed by atoms with E-state index in [1.165, 1.54) is 0 Å². The van der Waals surface area contributed by atoms with Crippen molar-refractivity contribution < 1.29 is 5.11 Å². The van der Waals surface area contributed by atoms with E-state index in [0.29, 0.717) is 17.0 Å². The second kappa shape index (κ2) is 5.06. The monoisotopic (exact) mass is 301 g/mol. The zero-order valence-corrected chi connectivity index (χ0v) is 12.1. The summed E-state index contributed by atoms with van der Waals surface area (Å²) in [7, 11) is 0. The molecule has 1 heterocycles. The van der Waals surface area contributed by atoms with Crippen LogP contribution in [0.2, 0.25) is 5.02 Å². The fourth-order valence-corrected chi connectivity index (χ4v) is 3.15. The minimum Gasteiger partial charge on any atom is -0.399 e. The number of aliphatic hydroxyl groups excluding tert-OH is 1. The van der Waals surface area contributed by atoms with E-state index in [4.69, 9.17) is 22.7 Å². The lowest BCUT2D eigenvalue weighted by Gasteiger charge is -2.22. The van der Waals surface area contributed by atoms with E-state index in [2.05, 4.69) is 6.58 Å². The molecule has 2 aromatic rings. The molecular weight excluding hydrogens is 286 g/mol. The first kappa shape index (κ1) is 13.9. The number of nitrogens with two attached hydrogens (primary N) is 1. The lowest BCUT2D eigenvalue weighted by atomic mass is 10.1. The van der Waals surface area contributed by atoms with E-state index in [9.17, 15) is 5.11 Å². The van der Waals surface area contributed by atoms with Crippen molar-refractivity contribution in [3.05, 3.63) is 70.3 Å². The smallest absolute Gasteiger partial charge is 0.134 e. The first-order chi connectivity index (χ1) is 9.99. The molecule has 0 aliphatic heterocycles. The Morgan fingerprint density at radius 2 is 2.14 bits per heavy atom. The van der Waals surface area contributed by atoms with Gasteiger partial charge in [0.05, 0.1) is 17.2 Å². The number of nitrogens with one attached hydrogen (secondary N) is 1. The van der Waals surface area contributed by atoms with Gasteiger partial charge in [0.25, 0.3) is 0 Å². The maximum atomic E-state index is 10.4. The van der Waals surface area contributed by atoms with Gasteiger partial charge in [-0.1, -0.05) is 42.4 Å². The summed E-state index contributed by atoms with van der Waals surface area (Å²) >= 11 is 6.14. The average molecular weight is 302 g/mol. The van der Waals surface area contributed by atoms with Crippen molar-refractivity contribution in [3.63, 3.8) is 0 Å². The van der Waals surface area contributed by atoms with Crippen LogP contribution in [0.4, 0.5) is 0 Å². The summed E-state index contributed by atoms with van der Waals surface area (Å²) < 4.78 is 1.67. The Morgan fingerprint density at radius 3 is 2.86 bits per heavy atom. The molecule has 0 radical (unpaired) electrons. The predicted molar refractivity (Wildman–Crippen MR) is 82.8 cm³/mol. The Kier molecular flexibility index (Phi) is 3.35. The van der Waals surface area contributed by atoms with Crippen molar-refractivity contribution >= 4 is 17.3 Å². The number of aromatic nitrogens is 1. The molecule has 108 valence electrons. The van der Waals surface area contributed by atoms with Crippen LogP contribution in [0.3, 0.4) is 0 Å². The SMILES string of the molecule is C=C(N)c1cc(Cl)cn([C@H]2c3ccccc3C[C@@H]2O)c1=N. The maximum Gasteiger partial charge on any atom is 0.134 e. The third-order valence-corrected chi connectivity index (χ3v) is 4.08. The fraction of sp³-hybridized carbons (Fsp3) is 0.188. The van der Waals surface area contributed by atoms with Crippen LogP contribution in [-0.2, 0) is 6.42 Å². The van der Waals surface area contributed by atoms with Crippen LogP contribution in [0.15, 0.2) is 43.1 Å². The van der Waals surface area contributed by atoms with E-state index in [0.717, 1.165) is 11.1 Å².